The van der Waals surface area contributed by atoms with Gasteiger partial charge >= 0.3 is 0 Å². The molecular weight excluding hydrogens is 288 g/mol. The molecule has 0 aliphatic rings. The Kier molecular flexibility index (Phi) is 12.1. The molecule has 0 spiro atoms. The average Bonchev–Trinajstić information content (AvgIpc) is 2.52. The maximum Gasteiger partial charge on any atom is 0.111 e. The number of unbranched alkanes of at least 4 members (excludes halogenated alkanes) is 4. The summed E-state index contributed by atoms with van der Waals surface area (Å²) in [5, 5.41) is 59.0. The van der Waals surface area contributed by atoms with Crippen LogP contribution < -0.4 is 0 Å². The summed E-state index contributed by atoms with van der Waals surface area (Å²) >= 11 is 0. The van der Waals surface area contributed by atoms with Gasteiger partial charge in [0.25, 0.3) is 0 Å². The van der Waals surface area contributed by atoms with Gasteiger partial charge in [-0.05, 0) is 12.8 Å². The summed E-state index contributed by atoms with van der Waals surface area (Å²) < 4.78 is 0. The van der Waals surface area contributed by atoms with Crippen LogP contribution in [0.2, 0.25) is 0 Å². The lowest BCUT2D eigenvalue weighted by atomic mass is 9.93. The van der Waals surface area contributed by atoms with E-state index in [-0.39, 0.29) is 0 Å². The third kappa shape index (κ3) is 7.85. The molecule has 0 aromatic rings. The summed E-state index contributed by atoms with van der Waals surface area (Å²) in [7, 11) is 0. The van der Waals surface area contributed by atoms with Gasteiger partial charge in [-0.2, -0.15) is 0 Å². The predicted octanol–water partition coefficient (Wildman–Crippen LogP) is 0.312. The predicted molar refractivity (Wildman–Crippen MR) is 84.3 cm³/mol. The van der Waals surface area contributed by atoms with Gasteiger partial charge in [-0.25, -0.2) is 0 Å². The lowest BCUT2D eigenvalue weighted by Crippen LogP contribution is -2.52. The minimum Gasteiger partial charge on any atom is -0.390 e. The van der Waals surface area contributed by atoms with Crippen molar-refractivity contribution in [3.8, 4) is 0 Å². The van der Waals surface area contributed by atoms with E-state index < -0.39 is 36.6 Å². The average molecular weight is 322 g/mol. The first-order valence-electron chi connectivity index (χ1n) is 8.45. The fourth-order valence-corrected chi connectivity index (χ4v) is 2.41. The van der Waals surface area contributed by atoms with Gasteiger partial charge in [0.1, 0.15) is 24.4 Å². The molecule has 0 aromatic carbocycles. The number of aliphatic hydroxyl groups is 6. The van der Waals surface area contributed by atoms with Crippen LogP contribution in [0.4, 0.5) is 0 Å². The van der Waals surface area contributed by atoms with Crippen LogP contribution in [-0.2, 0) is 0 Å². The van der Waals surface area contributed by atoms with Crippen LogP contribution in [0.15, 0.2) is 0 Å². The van der Waals surface area contributed by atoms with Crippen LogP contribution in [-0.4, -0.2) is 67.3 Å². The van der Waals surface area contributed by atoms with Crippen molar-refractivity contribution in [2.45, 2.75) is 102 Å². The molecule has 0 radical (unpaired) electrons. The molecule has 6 atom stereocenters. The van der Waals surface area contributed by atoms with E-state index in [2.05, 4.69) is 0 Å². The maximum atomic E-state index is 9.87. The van der Waals surface area contributed by atoms with E-state index >= 15 is 0 Å². The zero-order chi connectivity index (χ0) is 17.1. The molecule has 0 bridgehead atoms. The molecule has 2 unspecified atom stereocenters. The fourth-order valence-electron chi connectivity index (χ4n) is 2.41. The van der Waals surface area contributed by atoms with E-state index in [1.165, 1.54) is 0 Å². The summed E-state index contributed by atoms with van der Waals surface area (Å²) in [6, 6.07) is 0. The van der Waals surface area contributed by atoms with Crippen molar-refractivity contribution < 1.29 is 30.6 Å². The first-order valence-corrected chi connectivity index (χ1v) is 8.45. The number of rotatable bonds is 13. The van der Waals surface area contributed by atoms with Crippen molar-refractivity contribution in [2.24, 2.45) is 0 Å². The molecule has 0 heterocycles. The van der Waals surface area contributed by atoms with Crippen LogP contribution in [0.1, 0.15) is 65.2 Å². The molecule has 0 amide bonds. The molecule has 0 rings (SSSR count). The smallest absolute Gasteiger partial charge is 0.111 e. The SMILES string of the molecule is CCCCCC(O)[C@@H](O)[C@@H](O)[C@H](O)[C@H](O)C(O)CCCCC. The van der Waals surface area contributed by atoms with Crippen LogP contribution >= 0.6 is 0 Å². The Morgan fingerprint density at radius 2 is 0.818 bits per heavy atom. The maximum absolute atomic E-state index is 9.87. The van der Waals surface area contributed by atoms with Crippen molar-refractivity contribution in [3.05, 3.63) is 0 Å². The molecule has 0 aliphatic carbocycles. The second kappa shape index (κ2) is 12.2. The topological polar surface area (TPSA) is 121 Å². The third-order valence-corrected chi connectivity index (χ3v) is 4.05. The molecule has 6 N–H and O–H groups in total. The highest BCUT2D eigenvalue weighted by Gasteiger charge is 2.36. The standard InChI is InChI=1S/C16H34O6/c1-3-5-7-9-11(17)13(19)15(21)16(22)14(20)12(18)10-8-6-4-2/h11-22H,3-10H2,1-2H3/t11?,12?,13-,14-,15-,16-/m1/s1. The van der Waals surface area contributed by atoms with Gasteiger partial charge in [0.05, 0.1) is 12.2 Å². The Morgan fingerprint density at radius 3 is 1.09 bits per heavy atom. The fraction of sp³-hybridized carbons (Fsp3) is 1.00. The van der Waals surface area contributed by atoms with Crippen molar-refractivity contribution in [2.75, 3.05) is 0 Å². The minimum atomic E-state index is -1.70. The normalized spacial score (nSPS) is 20.2. The minimum absolute atomic E-state index is 0.313. The number of hydrogen-bond donors (Lipinski definition) is 6. The largest absolute Gasteiger partial charge is 0.390 e. The second-order valence-corrected chi connectivity index (χ2v) is 6.09. The lowest BCUT2D eigenvalue weighted by molar-refractivity contribution is -0.154. The molecule has 0 saturated carbocycles. The molecule has 6 nitrogen and oxygen atoms in total. The highest BCUT2D eigenvalue weighted by molar-refractivity contribution is 4.87. The van der Waals surface area contributed by atoms with Crippen molar-refractivity contribution in [3.63, 3.8) is 0 Å². The van der Waals surface area contributed by atoms with Crippen molar-refractivity contribution in [1.29, 1.82) is 0 Å². The van der Waals surface area contributed by atoms with Gasteiger partial charge < -0.3 is 30.6 Å². The summed E-state index contributed by atoms with van der Waals surface area (Å²) in [6.07, 6.45) is -3.05. The molecule has 6 heteroatoms. The zero-order valence-electron chi connectivity index (χ0n) is 13.8. The third-order valence-electron chi connectivity index (χ3n) is 4.05. The van der Waals surface area contributed by atoms with E-state index in [1.807, 2.05) is 13.8 Å². The van der Waals surface area contributed by atoms with Crippen molar-refractivity contribution in [1.82, 2.24) is 0 Å². The van der Waals surface area contributed by atoms with E-state index in [0.717, 1.165) is 25.7 Å². The van der Waals surface area contributed by atoms with Gasteiger partial charge in [0.2, 0.25) is 0 Å². The van der Waals surface area contributed by atoms with Crippen LogP contribution in [0.5, 0.6) is 0 Å². The molecule has 134 valence electrons. The zero-order valence-corrected chi connectivity index (χ0v) is 13.8. The quantitative estimate of drug-likeness (QED) is 0.271. The summed E-state index contributed by atoms with van der Waals surface area (Å²) in [4.78, 5) is 0. The Hall–Kier alpha value is -0.240. The highest BCUT2D eigenvalue weighted by Crippen LogP contribution is 2.17. The van der Waals surface area contributed by atoms with Gasteiger partial charge in [-0.3, -0.25) is 0 Å². The van der Waals surface area contributed by atoms with E-state index in [4.69, 9.17) is 0 Å². The monoisotopic (exact) mass is 322 g/mol. The highest BCUT2D eigenvalue weighted by atomic mass is 16.4. The Balaban J connectivity index is 4.33. The van der Waals surface area contributed by atoms with Gasteiger partial charge in [-0.1, -0.05) is 52.4 Å². The Morgan fingerprint density at radius 1 is 0.500 bits per heavy atom. The Labute approximate surface area is 133 Å². The van der Waals surface area contributed by atoms with E-state index in [0.29, 0.717) is 25.7 Å². The lowest BCUT2D eigenvalue weighted by Gasteiger charge is -2.31. The molecule has 0 saturated heterocycles. The number of hydrogen-bond acceptors (Lipinski definition) is 6. The van der Waals surface area contributed by atoms with Crippen LogP contribution in [0, 0.1) is 0 Å². The van der Waals surface area contributed by atoms with E-state index in [1.54, 1.807) is 0 Å². The second-order valence-electron chi connectivity index (χ2n) is 6.09. The van der Waals surface area contributed by atoms with E-state index in [9.17, 15) is 30.6 Å². The molecule has 22 heavy (non-hydrogen) atoms. The van der Waals surface area contributed by atoms with Gasteiger partial charge in [0.15, 0.2) is 0 Å². The Bertz CT molecular complexity index is 237. The molecule has 0 aliphatic heterocycles. The first kappa shape index (κ1) is 21.8. The summed E-state index contributed by atoms with van der Waals surface area (Å²) in [5.41, 5.74) is 0. The summed E-state index contributed by atoms with van der Waals surface area (Å²) in [6.45, 7) is 4.02. The van der Waals surface area contributed by atoms with Gasteiger partial charge in [0, 0.05) is 0 Å². The summed E-state index contributed by atoms with van der Waals surface area (Å²) in [5.74, 6) is 0. The van der Waals surface area contributed by atoms with Crippen LogP contribution in [0.25, 0.3) is 0 Å². The molecular formula is C16H34O6. The van der Waals surface area contributed by atoms with Gasteiger partial charge in [-0.15, -0.1) is 0 Å². The van der Waals surface area contributed by atoms with Crippen molar-refractivity contribution >= 4 is 0 Å². The van der Waals surface area contributed by atoms with Crippen LogP contribution in [0.3, 0.4) is 0 Å². The molecule has 0 fully saturated rings. The first-order chi connectivity index (χ1) is 10.4. The number of aliphatic hydroxyl groups excluding tert-OH is 6. The molecule has 0 aromatic heterocycles.